The Hall–Kier alpha value is -3.76. The molecule has 40 heavy (non-hydrogen) atoms. The molecule has 10 heteroatoms. The Morgan fingerprint density at radius 2 is 1.60 bits per heavy atom. The van der Waals surface area contributed by atoms with Gasteiger partial charge in [-0.3, -0.25) is 4.31 Å². The Morgan fingerprint density at radius 1 is 1.00 bits per heavy atom. The van der Waals surface area contributed by atoms with E-state index in [0.29, 0.717) is 42.1 Å². The minimum atomic E-state index is -3.56. The first-order valence-corrected chi connectivity index (χ1v) is 15.3. The minimum Gasteiger partial charge on any atom is -0.419 e. The second kappa shape index (κ2) is 11.0. The van der Waals surface area contributed by atoms with Gasteiger partial charge in [0.25, 0.3) is 0 Å². The largest absolute Gasteiger partial charge is 0.419 e. The quantitative estimate of drug-likeness (QED) is 0.283. The summed E-state index contributed by atoms with van der Waals surface area (Å²) >= 11 is 0. The topological polar surface area (TPSA) is 118 Å². The fourth-order valence-electron chi connectivity index (χ4n) is 4.76. The van der Waals surface area contributed by atoms with Crippen LogP contribution in [0.15, 0.2) is 77.2 Å². The zero-order valence-electron chi connectivity index (χ0n) is 23.4. The van der Waals surface area contributed by atoms with Crippen molar-refractivity contribution in [2.75, 3.05) is 29.1 Å². The fourth-order valence-corrected chi connectivity index (χ4v) is 5.20. The number of rotatable bonds is 11. The zero-order chi connectivity index (χ0) is 28.5. The van der Waals surface area contributed by atoms with Crippen LogP contribution in [0.2, 0.25) is 0 Å². The highest BCUT2D eigenvalue weighted by Crippen LogP contribution is 2.40. The summed E-state index contributed by atoms with van der Waals surface area (Å²) in [5, 5.41) is 8.60. The van der Waals surface area contributed by atoms with Gasteiger partial charge >= 0.3 is 0 Å². The molecule has 0 amide bonds. The lowest BCUT2D eigenvalue weighted by atomic mass is 9.94. The van der Waals surface area contributed by atoms with Crippen LogP contribution in [-0.2, 0) is 28.5 Å². The first kappa shape index (κ1) is 27.8. The van der Waals surface area contributed by atoms with Gasteiger partial charge in [0.2, 0.25) is 21.8 Å². The van der Waals surface area contributed by atoms with Crippen molar-refractivity contribution in [3.63, 3.8) is 0 Å². The van der Waals surface area contributed by atoms with E-state index in [1.165, 1.54) is 11.4 Å². The lowest BCUT2D eigenvalue weighted by Crippen LogP contribution is -2.35. The molecule has 1 aliphatic rings. The lowest BCUT2D eigenvalue weighted by Gasteiger charge is -2.26. The molecule has 210 valence electrons. The Balaban J connectivity index is 1.53. The summed E-state index contributed by atoms with van der Waals surface area (Å²) < 4.78 is 32.3. The van der Waals surface area contributed by atoms with Crippen molar-refractivity contribution in [1.82, 2.24) is 15.2 Å². The van der Waals surface area contributed by atoms with Gasteiger partial charge in [-0.2, -0.15) is 0 Å². The summed E-state index contributed by atoms with van der Waals surface area (Å²) in [5.41, 5.74) is 8.51. The van der Waals surface area contributed by atoms with Crippen molar-refractivity contribution >= 4 is 21.7 Å². The van der Waals surface area contributed by atoms with E-state index in [1.807, 2.05) is 61.5 Å². The first-order chi connectivity index (χ1) is 19.0. The standard InChI is InChI=1S/C30H36N6O3S/c1-21-15-25(21)20-36(19-23-13-9-6-10-14-23)27-17-24(16-26(32-27)35(3)40(4,37)38)28-33-34-29(39-28)30(2,31)18-22-11-7-5-8-12-22/h5-14,16-17,21,25H,15,18-20,31H2,1-4H3. The van der Waals surface area contributed by atoms with E-state index in [2.05, 4.69) is 34.2 Å². The van der Waals surface area contributed by atoms with Gasteiger partial charge in [-0.25, -0.2) is 13.4 Å². The smallest absolute Gasteiger partial charge is 0.248 e. The van der Waals surface area contributed by atoms with Gasteiger partial charge in [-0.05, 0) is 54.9 Å². The zero-order valence-corrected chi connectivity index (χ0v) is 24.2. The summed E-state index contributed by atoms with van der Waals surface area (Å²) in [6.45, 7) is 5.55. The van der Waals surface area contributed by atoms with Gasteiger partial charge in [0, 0.05) is 25.7 Å². The maximum atomic E-state index is 12.5. The summed E-state index contributed by atoms with van der Waals surface area (Å²) in [5.74, 6) is 2.67. The summed E-state index contributed by atoms with van der Waals surface area (Å²) in [6, 6.07) is 23.6. The molecule has 2 aromatic carbocycles. The van der Waals surface area contributed by atoms with E-state index in [1.54, 1.807) is 6.07 Å². The van der Waals surface area contributed by atoms with E-state index in [9.17, 15) is 8.42 Å². The van der Waals surface area contributed by atoms with E-state index in [0.717, 1.165) is 30.3 Å². The Morgan fingerprint density at radius 3 is 2.20 bits per heavy atom. The summed E-state index contributed by atoms with van der Waals surface area (Å²) in [6.07, 6.45) is 2.83. The van der Waals surface area contributed by atoms with Gasteiger partial charge in [0.1, 0.15) is 11.6 Å². The average molecular weight is 561 g/mol. The van der Waals surface area contributed by atoms with Crippen LogP contribution < -0.4 is 14.9 Å². The molecule has 2 heterocycles. The molecular formula is C30H36N6O3S. The monoisotopic (exact) mass is 560 g/mol. The average Bonchev–Trinajstić information content (AvgIpc) is 3.38. The van der Waals surface area contributed by atoms with E-state index in [-0.39, 0.29) is 11.7 Å². The highest BCUT2D eigenvalue weighted by atomic mass is 32.2. The molecule has 5 rings (SSSR count). The van der Waals surface area contributed by atoms with Crippen LogP contribution in [0.3, 0.4) is 0 Å². The first-order valence-electron chi connectivity index (χ1n) is 13.4. The highest BCUT2D eigenvalue weighted by Gasteiger charge is 2.35. The maximum absolute atomic E-state index is 12.5. The molecule has 3 atom stereocenters. The minimum absolute atomic E-state index is 0.256. The number of aromatic nitrogens is 3. The summed E-state index contributed by atoms with van der Waals surface area (Å²) in [7, 11) is -2.07. The van der Waals surface area contributed by atoms with Crippen LogP contribution in [0.5, 0.6) is 0 Å². The molecule has 1 aliphatic carbocycles. The van der Waals surface area contributed by atoms with Gasteiger partial charge in [-0.1, -0.05) is 67.6 Å². The normalized spacial score (nSPS) is 18.2. The van der Waals surface area contributed by atoms with Crippen molar-refractivity contribution in [3.05, 3.63) is 89.8 Å². The number of pyridine rings is 1. The number of hydrogen-bond donors (Lipinski definition) is 1. The molecule has 2 aromatic heterocycles. The number of benzene rings is 2. The molecular weight excluding hydrogens is 524 g/mol. The van der Waals surface area contributed by atoms with Crippen LogP contribution in [0.4, 0.5) is 11.6 Å². The van der Waals surface area contributed by atoms with Crippen LogP contribution in [-0.4, -0.2) is 43.4 Å². The van der Waals surface area contributed by atoms with Gasteiger partial charge in [0.05, 0.1) is 11.8 Å². The second-order valence-electron chi connectivity index (χ2n) is 11.1. The molecule has 2 N–H and O–H groups in total. The van der Waals surface area contributed by atoms with Crippen LogP contribution in [0.1, 0.15) is 37.3 Å². The van der Waals surface area contributed by atoms with Crippen LogP contribution >= 0.6 is 0 Å². The molecule has 4 aromatic rings. The van der Waals surface area contributed by atoms with Crippen LogP contribution in [0.25, 0.3) is 11.5 Å². The van der Waals surface area contributed by atoms with Gasteiger partial charge in [-0.15, -0.1) is 10.2 Å². The third-order valence-electron chi connectivity index (χ3n) is 7.46. The maximum Gasteiger partial charge on any atom is 0.248 e. The lowest BCUT2D eigenvalue weighted by molar-refractivity contribution is 0.355. The van der Waals surface area contributed by atoms with Crippen molar-refractivity contribution in [1.29, 1.82) is 0 Å². The molecule has 1 fully saturated rings. The van der Waals surface area contributed by atoms with E-state index < -0.39 is 15.6 Å². The van der Waals surface area contributed by atoms with Crippen molar-refractivity contribution in [2.24, 2.45) is 17.6 Å². The number of sulfonamides is 1. The number of nitrogens with zero attached hydrogens (tertiary/aromatic N) is 5. The molecule has 3 unspecified atom stereocenters. The fraction of sp³-hybridized carbons (Fsp3) is 0.367. The molecule has 9 nitrogen and oxygen atoms in total. The van der Waals surface area contributed by atoms with Crippen LogP contribution in [0, 0.1) is 11.8 Å². The Kier molecular flexibility index (Phi) is 7.65. The third-order valence-corrected chi connectivity index (χ3v) is 8.65. The molecule has 0 bridgehead atoms. The predicted octanol–water partition coefficient (Wildman–Crippen LogP) is 4.61. The molecule has 0 radical (unpaired) electrons. The van der Waals surface area contributed by atoms with Crippen molar-refractivity contribution < 1.29 is 12.8 Å². The highest BCUT2D eigenvalue weighted by molar-refractivity contribution is 7.92. The van der Waals surface area contributed by atoms with Gasteiger partial charge < -0.3 is 15.1 Å². The molecule has 0 spiro atoms. The third kappa shape index (κ3) is 6.51. The number of hydrogen-bond acceptors (Lipinski definition) is 8. The van der Waals surface area contributed by atoms with E-state index in [4.69, 9.17) is 15.1 Å². The predicted molar refractivity (Wildman–Crippen MR) is 157 cm³/mol. The SMILES string of the molecule is CC1CC1CN(Cc1ccccc1)c1cc(-c2nnc(C(C)(N)Cc3ccccc3)o2)cc(N(C)S(C)(=O)=O)n1. The summed E-state index contributed by atoms with van der Waals surface area (Å²) in [4.78, 5) is 7.00. The van der Waals surface area contributed by atoms with Crippen molar-refractivity contribution in [2.45, 2.75) is 38.8 Å². The molecule has 1 saturated carbocycles. The number of nitrogens with two attached hydrogens (primary N) is 1. The molecule has 0 saturated heterocycles. The number of anilines is 2. The van der Waals surface area contributed by atoms with E-state index >= 15 is 0 Å². The van der Waals surface area contributed by atoms with Crippen molar-refractivity contribution in [3.8, 4) is 11.5 Å². The Labute approximate surface area is 236 Å². The second-order valence-corrected chi connectivity index (χ2v) is 13.1. The van der Waals surface area contributed by atoms with Gasteiger partial charge in [0.15, 0.2) is 0 Å². The Bertz CT molecular complexity index is 1560. The molecule has 0 aliphatic heterocycles.